The predicted octanol–water partition coefficient (Wildman–Crippen LogP) is 5.85. The average molecular weight is 388 g/mol. The molecule has 28 heavy (non-hydrogen) atoms. The summed E-state index contributed by atoms with van der Waals surface area (Å²) >= 11 is 1.49. The summed E-state index contributed by atoms with van der Waals surface area (Å²) in [4.78, 5) is 13.4. The van der Waals surface area contributed by atoms with Crippen molar-refractivity contribution in [1.29, 1.82) is 5.26 Å². The Labute approximate surface area is 168 Å². The Morgan fingerprint density at radius 3 is 2.46 bits per heavy atom. The molecule has 1 aromatic heterocycles. The number of rotatable bonds is 6. The van der Waals surface area contributed by atoms with Crippen molar-refractivity contribution in [2.45, 2.75) is 30.3 Å². The Morgan fingerprint density at radius 2 is 1.82 bits per heavy atom. The minimum Gasteiger partial charge on any atom is -0.450 e. The highest BCUT2D eigenvalue weighted by atomic mass is 32.2. The second-order valence-corrected chi connectivity index (χ2v) is 7.32. The van der Waals surface area contributed by atoms with Crippen LogP contribution in [0.5, 0.6) is 0 Å². The van der Waals surface area contributed by atoms with Crippen molar-refractivity contribution in [3.8, 4) is 6.07 Å². The van der Waals surface area contributed by atoms with Gasteiger partial charge in [-0.15, -0.1) is 0 Å². The molecule has 140 valence electrons. The molecule has 0 aliphatic heterocycles. The zero-order valence-electron chi connectivity index (χ0n) is 15.7. The van der Waals surface area contributed by atoms with E-state index >= 15 is 0 Å². The monoisotopic (exact) mass is 388 g/mol. The Morgan fingerprint density at radius 1 is 1.11 bits per heavy atom. The number of furan rings is 1. The fraction of sp³-hybridized carbons (Fsp3) is 0.130. The fourth-order valence-corrected chi connectivity index (χ4v) is 3.28. The van der Waals surface area contributed by atoms with Crippen LogP contribution >= 0.6 is 11.8 Å². The normalized spacial score (nSPS) is 11.1. The van der Waals surface area contributed by atoms with Gasteiger partial charge in [0.1, 0.15) is 17.4 Å². The minimum atomic E-state index is -0.462. The predicted molar refractivity (Wildman–Crippen MR) is 112 cm³/mol. The van der Waals surface area contributed by atoms with Crippen LogP contribution in [0.3, 0.4) is 0 Å². The molecule has 1 amide bonds. The van der Waals surface area contributed by atoms with Gasteiger partial charge in [-0.3, -0.25) is 4.79 Å². The van der Waals surface area contributed by atoms with Crippen LogP contribution in [0.2, 0.25) is 0 Å². The number of anilines is 1. The average Bonchev–Trinajstić information content (AvgIpc) is 3.15. The van der Waals surface area contributed by atoms with Crippen molar-refractivity contribution in [2.24, 2.45) is 0 Å². The van der Waals surface area contributed by atoms with Crippen LogP contribution in [0.1, 0.15) is 23.8 Å². The topological polar surface area (TPSA) is 66.0 Å². The van der Waals surface area contributed by atoms with Crippen LogP contribution in [0.15, 0.2) is 80.6 Å². The highest BCUT2D eigenvalue weighted by Crippen LogP contribution is 2.30. The largest absolute Gasteiger partial charge is 0.450 e. The molecule has 0 radical (unpaired) electrons. The zero-order chi connectivity index (χ0) is 19.9. The first-order valence-corrected chi connectivity index (χ1v) is 9.75. The minimum absolute atomic E-state index is 0.0131. The number of nitriles is 1. The number of carbonyl (C=O) groups excluding carboxylic acids is 1. The molecule has 3 aromatic rings. The third-order valence-electron chi connectivity index (χ3n) is 4.11. The van der Waals surface area contributed by atoms with E-state index in [1.54, 1.807) is 6.07 Å². The van der Waals surface area contributed by atoms with E-state index in [4.69, 9.17) is 4.42 Å². The Hall–Kier alpha value is -3.23. The molecule has 1 N–H and O–H groups in total. The quantitative estimate of drug-likeness (QED) is 0.425. The summed E-state index contributed by atoms with van der Waals surface area (Å²) in [6.45, 7) is 4.11. The van der Waals surface area contributed by atoms with Crippen LogP contribution in [0, 0.1) is 18.3 Å². The van der Waals surface area contributed by atoms with Crippen molar-refractivity contribution in [2.75, 3.05) is 5.32 Å². The van der Waals surface area contributed by atoms with Gasteiger partial charge in [0, 0.05) is 16.7 Å². The van der Waals surface area contributed by atoms with E-state index in [9.17, 15) is 10.1 Å². The molecule has 0 fully saturated rings. The van der Waals surface area contributed by atoms with Gasteiger partial charge in [-0.2, -0.15) is 5.26 Å². The number of carbonyl (C=O) groups is 1. The molecule has 0 saturated heterocycles. The molecule has 4 nitrogen and oxygen atoms in total. The smallest absolute Gasteiger partial charge is 0.266 e. The van der Waals surface area contributed by atoms with Gasteiger partial charge >= 0.3 is 0 Å². The second kappa shape index (κ2) is 9.12. The standard InChI is InChI=1S/C23H20N2O2S/c1-3-17-6-8-19(9-7-17)25-23(26)18(15-24)14-20-10-13-22(27-20)28-21-11-4-16(2)5-12-21/h4-14H,3H2,1-2H3,(H,25,26)/b18-14-. The first-order chi connectivity index (χ1) is 13.6. The van der Waals surface area contributed by atoms with Crippen LogP contribution in [-0.4, -0.2) is 5.91 Å². The number of nitrogens with one attached hydrogen (secondary N) is 1. The van der Waals surface area contributed by atoms with Gasteiger partial charge in [0.05, 0.1) is 0 Å². The lowest BCUT2D eigenvalue weighted by Gasteiger charge is -2.05. The van der Waals surface area contributed by atoms with Gasteiger partial charge in [0.15, 0.2) is 5.09 Å². The number of amides is 1. The lowest BCUT2D eigenvalue weighted by molar-refractivity contribution is -0.112. The van der Waals surface area contributed by atoms with E-state index in [0.29, 0.717) is 16.5 Å². The molecule has 5 heteroatoms. The summed E-state index contributed by atoms with van der Waals surface area (Å²) in [5, 5.41) is 12.8. The number of benzene rings is 2. The first kappa shape index (κ1) is 19.5. The third kappa shape index (κ3) is 5.15. The molecule has 0 bridgehead atoms. The first-order valence-electron chi connectivity index (χ1n) is 8.94. The van der Waals surface area contributed by atoms with Gasteiger partial charge < -0.3 is 9.73 Å². The van der Waals surface area contributed by atoms with Gasteiger partial charge in [-0.25, -0.2) is 0 Å². The second-order valence-electron chi connectivity index (χ2n) is 6.25. The molecule has 0 atom stereocenters. The molecule has 2 aromatic carbocycles. The highest BCUT2D eigenvalue weighted by Gasteiger charge is 2.11. The Bertz CT molecular complexity index is 1030. The molecule has 3 rings (SSSR count). The summed E-state index contributed by atoms with van der Waals surface area (Å²) in [5.74, 6) is -0.00136. The molecular weight excluding hydrogens is 368 g/mol. The van der Waals surface area contributed by atoms with E-state index in [1.165, 1.54) is 29.0 Å². The van der Waals surface area contributed by atoms with Crippen LogP contribution in [0.4, 0.5) is 5.69 Å². The molecule has 1 heterocycles. The maximum Gasteiger partial charge on any atom is 0.266 e. The van der Waals surface area contributed by atoms with Crippen molar-refractivity contribution in [3.05, 3.63) is 83.1 Å². The van der Waals surface area contributed by atoms with Gasteiger partial charge in [0.2, 0.25) is 0 Å². The van der Waals surface area contributed by atoms with Crippen molar-refractivity contribution < 1.29 is 9.21 Å². The summed E-state index contributed by atoms with van der Waals surface area (Å²) < 4.78 is 5.74. The van der Waals surface area contributed by atoms with Crippen LogP contribution in [-0.2, 0) is 11.2 Å². The number of nitrogens with zero attached hydrogens (tertiary/aromatic N) is 1. The van der Waals surface area contributed by atoms with E-state index in [0.717, 1.165) is 11.3 Å². The van der Waals surface area contributed by atoms with E-state index < -0.39 is 5.91 Å². The van der Waals surface area contributed by atoms with E-state index in [1.807, 2.05) is 67.6 Å². The maximum absolute atomic E-state index is 12.4. The molecule has 0 aliphatic carbocycles. The summed E-state index contributed by atoms with van der Waals surface area (Å²) in [6.07, 6.45) is 2.38. The lowest BCUT2D eigenvalue weighted by Crippen LogP contribution is -2.13. The molecular formula is C23H20N2O2S. The molecule has 0 aliphatic rings. The summed E-state index contributed by atoms with van der Waals surface area (Å²) in [5.41, 5.74) is 3.02. The number of hydrogen-bond donors (Lipinski definition) is 1. The SMILES string of the molecule is CCc1ccc(NC(=O)/C(C#N)=C\c2ccc(Sc3ccc(C)cc3)o2)cc1. The highest BCUT2D eigenvalue weighted by molar-refractivity contribution is 7.99. The van der Waals surface area contributed by atoms with Gasteiger partial charge in [-0.05, 0) is 55.3 Å². The third-order valence-corrected chi connectivity index (χ3v) is 5.04. The summed E-state index contributed by atoms with van der Waals surface area (Å²) in [7, 11) is 0. The number of aryl methyl sites for hydroxylation is 2. The maximum atomic E-state index is 12.4. The molecule has 0 spiro atoms. The van der Waals surface area contributed by atoms with Crippen molar-refractivity contribution >= 4 is 29.4 Å². The Balaban J connectivity index is 1.69. The zero-order valence-corrected chi connectivity index (χ0v) is 16.5. The summed E-state index contributed by atoms with van der Waals surface area (Å²) in [6, 6.07) is 21.2. The molecule has 0 saturated carbocycles. The van der Waals surface area contributed by atoms with Crippen LogP contribution < -0.4 is 5.32 Å². The Kier molecular flexibility index (Phi) is 6.36. The van der Waals surface area contributed by atoms with E-state index in [2.05, 4.69) is 12.2 Å². The van der Waals surface area contributed by atoms with Gasteiger partial charge in [-0.1, -0.05) is 48.5 Å². The van der Waals surface area contributed by atoms with Crippen molar-refractivity contribution in [1.82, 2.24) is 0 Å². The van der Waals surface area contributed by atoms with Crippen LogP contribution in [0.25, 0.3) is 6.08 Å². The lowest BCUT2D eigenvalue weighted by atomic mass is 10.1. The van der Waals surface area contributed by atoms with Gasteiger partial charge in [0.25, 0.3) is 5.91 Å². The van der Waals surface area contributed by atoms with E-state index in [-0.39, 0.29) is 5.57 Å². The fourth-order valence-electron chi connectivity index (χ4n) is 2.50. The molecule has 0 unspecified atom stereocenters. The number of hydrogen-bond acceptors (Lipinski definition) is 4. The van der Waals surface area contributed by atoms with Crippen molar-refractivity contribution in [3.63, 3.8) is 0 Å².